The average molecular weight is 303 g/mol. The maximum Gasteiger partial charge on any atom is 0.0440 e. The van der Waals surface area contributed by atoms with Gasteiger partial charge < -0.3 is 0 Å². The van der Waals surface area contributed by atoms with Crippen molar-refractivity contribution in [2.45, 2.75) is 52.9 Å². The Hall–Kier alpha value is -1.27. The van der Waals surface area contributed by atoms with Gasteiger partial charge in [-0.1, -0.05) is 88.7 Å². The topological polar surface area (TPSA) is 0 Å². The Morgan fingerprint density at radius 3 is 1.76 bits per heavy atom. The minimum absolute atomic E-state index is 0.563. The standard InChI is InChI=1S/C11H15Cl.C9H12/c1-4-9-5-6-10(8(2)3)7-11(9)12;1-8(2)9-6-4-3-5-7-9/h5-8H,4H2,1-3H3;3-8H,1-2H3. The van der Waals surface area contributed by atoms with Crippen molar-refractivity contribution in [3.63, 3.8) is 0 Å². The summed E-state index contributed by atoms with van der Waals surface area (Å²) in [7, 11) is 0. The van der Waals surface area contributed by atoms with Crippen molar-refractivity contribution in [3.05, 3.63) is 70.2 Å². The molecule has 0 fully saturated rings. The molecule has 0 atom stereocenters. The maximum atomic E-state index is 6.07. The highest BCUT2D eigenvalue weighted by atomic mass is 35.5. The second kappa shape index (κ2) is 8.89. The van der Waals surface area contributed by atoms with Gasteiger partial charge in [-0.25, -0.2) is 0 Å². The Bertz CT molecular complexity index is 527. The lowest BCUT2D eigenvalue weighted by Crippen LogP contribution is -1.89. The first-order valence-corrected chi connectivity index (χ1v) is 8.16. The largest absolute Gasteiger partial charge is 0.0840 e. The second-order valence-electron chi connectivity index (χ2n) is 5.92. The van der Waals surface area contributed by atoms with Crippen molar-refractivity contribution < 1.29 is 0 Å². The van der Waals surface area contributed by atoms with Gasteiger partial charge in [-0.2, -0.15) is 0 Å². The van der Waals surface area contributed by atoms with E-state index in [2.05, 4.69) is 77.1 Å². The third kappa shape index (κ3) is 5.93. The summed E-state index contributed by atoms with van der Waals surface area (Å²) in [6.07, 6.45) is 1.01. The molecular formula is C20H27Cl. The van der Waals surface area contributed by atoms with Crippen LogP contribution in [0.1, 0.15) is 63.1 Å². The molecule has 0 unspecified atom stereocenters. The first kappa shape index (κ1) is 17.8. The van der Waals surface area contributed by atoms with E-state index in [4.69, 9.17) is 11.6 Å². The van der Waals surface area contributed by atoms with Crippen molar-refractivity contribution in [2.24, 2.45) is 0 Å². The number of aryl methyl sites for hydroxylation is 1. The fraction of sp³-hybridized carbons (Fsp3) is 0.400. The van der Waals surface area contributed by atoms with Crippen LogP contribution in [-0.4, -0.2) is 0 Å². The number of hydrogen-bond acceptors (Lipinski definition) is 0. The first-order chi connectivity index (χ1) is 9.95. The van der Waals surface area contributed by atoms with Gasteiger partial charge in [0, 0.05) is 5.02 Å². The van der Waals surface area contributed by atoms with Gasteiger partial charge in [0.05, 0.1) is 0 Å². The fourth-order valence-electron chi connectivity index (χ4n) is 2.05. The molecule has 0 heterocycles. The Balaban J connectivity index is 0.000000219. The minimum Gasteiger partial charge on any atom is -0.0840 e. The molecule has 0 aliphatic rings. The van der Waals surface area contributed by atoms with Gasteiger partial charge in [0.1, 0.15) is 0 Å². The number of rotatable bonds is 3. The van der Waals surface area contributed by atoms with E-state index in [0.29, 0.717) is 11.8 Å². The van der Waals surface area contributed by atoms with Gasteiger partial charge in [-0.15, -0.1) is 0 Å². The predicted molar refractivity (Wildman–Crippen MR) is 95.5 cm³/mol. The van der Waals surface area contributed by atoms with Crippen molar-refractivity contribution in [1.29, 1.82) is 0 Å². The summed E-state index contributed by atoms with van der Waals surface area (Å²) >= 11 is 6.07. The second-order valence-corrected chi connectivity index (χ2v) is 6.33. The minimum atomic E-state index is 0.563. The summed E-state index contributed by atoms with van der Waals surface area (Å²) < 4.78 is 0. The molecule has 21 heavy (non-hydrogen) atoms. The first-order valence-electron chi connectivity index (χ1n) is 7.79. The molecule has 2 aromatic carbocycles. The molecule has 0 spiro atoms. The Labute approximate surface area is 135 Å². The maximum absolute atomic E-state index is 6.07. The molecule has 0 saturated carbocycles. The Morgan fingerprint density at radius 1 is 0.810 bits per heavy atom. The van der Waals surface area contributed by atoms with Crippen LogP contribution in [-0.2, 0) is 6.42 Å². The molecular weight excluding hydrogens is 276 g/mol. The summed E-state index contributed by atoms with van der Waals surface area (Å²) in [4.78, 5) is 0. The van der Waals surface area contributed by atoms with E-state index in [0.717, 1.165) is 11.4 Å². The number of hydrogen-bond donors (Lipinski definition) is 0. The van der Waals surface area contributed by atoms with Gasteiger partial charge >= 0.3 is 0 Å². The van der Waals surface area contributed by atoms with Crippen molar-refractivity contribution in [1.82, 2.24) is 0 Å². The zero-order chi connectivity index (χ0) is 15.8. The van der Waals surface area contributed by atoms with Crippen LogP contribution < -0.4 is 0 Å². The van der Waals surface area contributed by atoms with Crippen LogP contribution >= 0.6 is 11.6 Å². The predicted octanol–water partition coefficient (Wildman–Crippen LogP) is 6.84. The Morgan fingerprint density at radius 2 is 1.38 bits per heavy atom. The van der Waals surface area contributed by atoms with Gasteiger partial charge in [0.25, 0.3) is 0 Å². The van der Waals surface area contributed by atoms with Gasteiger partial charge in [-0.3, -0.25) is 0 Å². The summed E-state index contributed by atoms with van der Waals surface area (Å²) in [6.45, 7) is 10.9. The molecule has 0 amide bonds. The lowest BCUT2D eigenvalue weighted by Gasteiger charge is -2.07. The normalized spacial score (nSPS) is 10.5. The van der Waals surface area contributed by atoms with E-state index in [1.807, 2.05) is 6.07 Å². The van der Waals surface area contributed by atoms with Crippen LogP contribution in [0.15, 0.2) is 48.5 Å². The molecule has 0 radical (unpaired) electrons. The van der Waals surface area contributed by atoms with Crippen molar-refractivity contribution in [2.75, 3.05) is 0 Å². The van der Waals surface area contributed by atoms with E-state index in [1.165, 1.54) is 16.7 Å². The van der Waals surface area contributed by atoms with Crippen LogP contribution in [0.4, 0.5) is 0 Å². The third-order valence-corrected chi connectivity index (χ3v) is 3.94. The van der Waals surface area contributed by atoms with Crippen LogP contribution in [0.25, 0.3) is 0 Å². The average Bonchev–Trinajstić information content (AvgIpc) is 2.48. The Kier molecular flexibility index (Phi) is 7.53. The quantitative estimate of drug-likeness (QED) is 0.582. The monoisotopic (exact) mass is 302 g/mol. The molecule has 0 nitrogen and oxygen atoms in total. The molecule has 1 heteroatoms. The van der Waals surface area contributed by atoms with Crippen molar-refractivity contribution in [3.8, 4) is 0 Å². The molecule has 0 aromatic heterocycles. The molecule has 2 aromatic rings. The third-order valence-electron chi connectivity index (χ3n) is 3.59. The van der Waals surface area contributed by atoms with E-state index in [9.17, 15) is 0 Å². The molecule has 0 N–H and O–H groups in total. The van der Waals surface area contributed by atoms with Gasteiger partial charge in [0.2, 0.25) is 0 Å². The van der Waals surface area contributed by atoms with Gasteiger partial charge in [-0.05, 0) is 41.0 Å². The van der Waals surface area contributed by atoms with E-state index < -0.39 is 0 Å². The van der Waals surface area contributed by atoms with E-state index >= 15 is 0 Å². The molecule has 0 aliphatic carbocycles. The molecule has 0 saturated heterocycles. The van der Waals surface area contributed by atoms with Crippen molar-refractivity contribution >= 4 is 11.6 Å². The summed E-state index contributed by atoms with van der Waals surface area (Å²) in [5.74, 6) is 1.22. The lowest BCUT2D eigenvalue weighted by molar-refractivity contribution is 0.865. The van der Waals surface area contributed by atoms with Crippen LogP contribution in [0.3, 0.4) is 0 Å². The van der Waals surface area contributed by atoms with Crippen LogP contribution in [0.5, 0.6) is 0 Å². The molecule has 0 aliphatic heterocycles. The van der Waals surface area contributed by atoms with Gasteiger partial charge in [0.15, 0.2) is 0 Å². The molecule has 114 valence electrons. The molecule has 0 bridgehead atoms. The summed E-state index contributed by atoms with van der Waals surface area (Å²) in [5.41, 5.74) is 3.97. The zero-order valence-corrected chi connectivity index (χ0v) is 14.6. The summed E-state index contributed by atoms with van der Waals surface area (Å²) in [5, 5.41) is 0.906. The highest BCUT2D eigenvalue weighted by molar-refractivity contribution is 6.31. The smallest absolute Gasteiger partial charge is 0.0440 e. The summed E-state index contributed by atoms with van der Waals surface area (Å²) in [6, 6.07) is 16.9. The van der Waals surface area contributed by atoms with E-state index in [1.54, 1.807) is 0 Å². The zero-order valence-electron chi connectivity index (χ0n) is 13.9. The van der Waals surface area contributed by atoms with Crippen LogP contribution in [0, 0.1) is 0 Å². The van der Waals surface area contributed by atoms with Crippen LogP contribution in [0.2, 0.25) is 5.02 Å². The highest BCUT2D eigenvalue weighted by Gasteiger charge is 2.02. The number of halogens is 1. The number of benzene rings is 2. The SMILES string of the molecule is CC(C)c1ccccc1.CCc1ccc(C(C)C)cc1Cl. The highest BCUT2D eigenvalue weighted by Crippen LogP contribution is 2.22. The molecule has 2 rings (SSSR count). The lowest BCUT2D eigenvalue weighted by atomic mass is 10.0. The fourth-order valence-corrected chi connectivity index (χ4v) is 2.37. The van der Waals surface area contributed by atoms with E-state index in [-0.39, 0.29) is 0 Å².